The second-order valence-corrected chi connectivity index (χ2v) is 6.16. The number of rotatable bonds is 5. The summed E-state index contributed by atoms with van der Waals surface area (Å²) in [5.74, 6) is 0.192. The molecule has 0 atom stereocenters. The number of Topliss-reactive ketones (excluding diaryl/α,β-unsaturated/α-hetero) is 1. The van der Waals surface area contributed by atoms with Gasteiger partial charge in [-0.15, -0.1) is 11.3 Å². The zero-order chi connectivity index (χ0) is 14.7. The molecule has 0 spiro atoms. The van der Waals surface area contributed by atoms with E-state index in [-0.39, 0.29) is 5.78 Å². The van der Waals surface area contributed by atoms with Crippen LogP contribution in [-0.2, 0) is 12.8 Å². The SMILES string of the molecule is CCc1ccc(C(=O)CCc2nc3ccccc3s2)cc1. The Balaban J connectivity index is 1.67. The van der Waals surface area contributed by atoms with E-state index in [1.54, 1.807) is 11.3 Å². The van der Waals surface area contributed by atoms with Crippen LogP contribution in [-0.4, -0.2) is 10.8 Å². The van der Waals surface area contributed by atoms with Crippen molar-refractivity contribution < 1.29 is 4.79 Å². The van der Waals surface area contributed by atoms with E-state index in [0.29, 0.717) is 12.8 Å². The van der Waals surface area contributed by atoms with Gasteiger partial charge in [0.1, 0.15) is 0 Å². The fourth-order valence-electron chi connectivity index (χ4n) is 2.32. The molecule has 0 saturated heterocycles. The first-order valence-corrected chi connectivity index (χ1v) is 8.04. The molecule has 0 amide bonds. The van der Waals surface area contributed by atoms with E-state index < -0.39 is 0 Å². The Hall–Kier alpha value is -2.00. The number of para-hydroxylation sites is 1. The van der Waals surface area contributed by atoms with Crippen molar-refractivity contribution in [3.05, 3.63) is 64.7 Å². The molecule has 0 aliphatic heterocycles. The van der Waals surface area contributed by atoms with E-state index in [4.69, 9.17) is 0 Å². The molecule has 0 fully saturated rings. The quantitative estimate of drug-likeness (QED) is 0.640. The zero-order valence-electron chi connectivity index (χ0n) is 12.0. The lowest BCUT2D eigenvalue weighted by Crippen LogP contribution is -2.01. The highest BCUT2D eigenvalue weighted by molar-refractivity contribution is 7.18. The Labute approximate surface area is 128 Å². The predicted octanol–water partition coefficient (Wildman–Crippen LogP) is 4.67. The maximum atomic E-state index is 12.2. The van der Waals surface area contributed by atoms with Crippen LogP contribution in [0.15, 0.2) is 48.5 Å². The van der Waals surface area contributed by atoms with Gasteiger partial charge in [-0.3, -0.25) is 4.79 Å². The summed E-state index contributed by atoms with van der Waals surface area (Å²) in [5.41, 5.74) is 3.09. The molecule has 0 unspecified atom stereocenters. The number of ketones is 1. The molecule has 1 heterocycles. The Kier molecular flexibility index (Phi) is 4.11. The molecule has 3 rings (SSSR count). The van der Waals surface area contributed by atoms with Crippen LogP contribution >= 0.6 is 11.3 Å². The second-order valence-electron chi connectivity index (χ2n) is 5.05. The Morgan fingerprint density at radius 2 is 1.86 bits per heavy atom. The second kappa shape index (κ2) is 6.19. The van der Waals surface area contributed by atoms with Crippen molar-refractivity contribution in [2.24, 2.45) is 0 Å². The number of aryl methyl sites for hydroxylation is 2. The fourth-order valence-corrected chi connectivity index (χ4v) is 3.28. The number of thiazole rings is 1. The topological polar surface area (TPSA) is 30.0 Å². The van der Waals surface area contributed by atoms with Gasteiger partial charge in [-0.1, -0.05) is 43.3 Å². The molecular formula is C18H17NOS. The molecule has 0 bridgehead atoms. The summed E-state index contributed by atoms with van der Waals surface area (Å²) in [6.45, 7) is 2.12. The first-order valence-electron chi connectivity index (χ1n) is 7.23. The predicted molar refractivity (Wildman–Crippen MR) is 88.1 cm³/mol. The number of hydrogen-bond donors (Lipinski definition) is 0. The smallest absolute Gasteiger partial charge is 0.163 e. The van der Waals surface area contributed by atoms with E-state index in [1.165, 1.54) is 10.3 Å². The highest BCUT2D eigenvalue weighted by Crippen LogP contribution is 2.22. The first-order chi connectivity index (χ1) is 10.3. The molecule has 2 aromatic carbocycles. The summed E-state index contributed by atoms with van der Waals surface area (Å²) in [4.78, 5) is 16.8. The maximum Gasteiger partial charge on any atom is 0.163 e. The zero-order valence-corrected chi connectivity index (χ0v) is 12.8. The van der Waals surface area contributed by atoms with E-state index in [2.05, 4.69) is 18.0 Å². The highest BCUT2D eigenvalue weighted by atomic mass is 32.1. The van der Waals surface area contributed by atoms with Crippen molar-refractivity contribution >= 4 is 27.3 Å². The third kappa shape index (κ3) is 3.19. The van der Waals surface area contributed by atoms with E-state index in [1.807, 2.05) is 42.5 Å². The van der Waals surface area contributed by atoms with Gasteiger partial charge in [0.15, 0.2) is 5.78 Å². The Morgan fingerprint density at radius 3 is 2.57 bits per heavy atom. The molecule has 0 aliphatic rings. The first kappa shape index (κ1) is 14.0. The van der Waals surface area contributed by atoms with Crippen molar-refractivity contribution in [3.8, 4) is 0 Å². The molecular weight excluding hydrogens is 278 g/mol. The Morgan fingerprint density at radius 1 is 1.10 bits per heavy atom. The van der Waals surface area contributed by atoms with E-state index in [0.717, 1.165) is 22.5 Å². The van der Waals surface area contributed by atoms with Crippen LogP contribution in [0, 0.1) is 0 Å². The molecule has 3 heteroatoms. The van der Waals surface area contributed by atoms with Gasteiger partial charge in [-0.25, -0.2) is 4.98 Å². The normalized spacial score (nSPS) is 10.9. The third-order valence-electron chi connectivity index (χ3n) is 3.59. The molecule has 0 saturated carbocycles. The van der Waals surface area contributed by atoms with Gasteiger partial charge in [0.25, 0.3) is 0 Å². The molecule has 0 radical (unpaired) electrons. The van der Waals surface area contributed by atoms with Crippen LogP contribution in [0.5, 0.6) is 0 Å². The third-order valence-corrected chi connectivity index (χ3v) is 4.68. The lowest BCUT2D eigenvalue weighted by molar-refractivity contribution is 0.0983. The van der Waals surface area contributed by atoms with E-state index >= 15 is 0 Å². The lowest BCUT2D eigenvalue weighted by atomic mass is 10.0. The summed E-state index contributed by atoms with van der Waals surface area (Å²) < 4.78 is 1.19. The number of benzene rings is 2. The number of carbonyl (C=O) groups is 1. The molecule has 2 nitrogen and oxygen atoms in total. The van der Waals surface area contributed by atoms with Crippen molar-refractivity contribution in [3.63, 3.8) is 0 Å². The van der Waals surface area contributed by atoms with Gasteiger partial charge in [-0.05, 0) is 24.1 Å². The average Bonchev–Trinajstić information content (AvgIpc) is 2.95. The van der Waals surface area contributed by atoms with Gasteiger partial charge in [0.2, 0.25) is 0 Å². The summed E-state index contributed by atoms with van der Waals surface area (Å²) in [5, 5.41) is 1.04. The maximum absolute atomic E-state index is 12.2. The summed E-state index contributed by atoms with van der Waals surface area (Å²) in [7, 11) is 0. The van der Waals surface area contributed by atoms with Crippen LogP contribution < -0.4 is 0 Å². The van der Waals surface area contributed by atoms with Crippen molar-refractivity contribution in [2.75, 3.05) is 0 Å². The van der Waals surface area contributed by atoms with Gasteiger partial charge in [-0.2, -0.15) is 0 Å². The largest absolute Gasteiger partial charge is 0.294 e. The number of fused-ring (bicyclic) bond motifs is 1. The number of carbonyl (C=O) groups excluding carboxylic acids is 1. The molecule has 0 N–H and O–H groups in total. The number of nitrogens with zero attached hydrogens (tertiary/aromatic N) is 1. The van der Waals surface area contributed by atoms with Crippen molar-refractivity contribution in [1.29, 1.82) is 0 Å². The summed E-state index contributed by atoms with van der Waals surface area (Å²) in [6, 6.07) is 16.0. The minimum atomic E-state index is 0.192. The molecule has 3 aromatic rings. The molecule has 0 aliphatic carbocycles. The van der Waals surface area contributed by atoms with E-state index in [9.17, 15) is 4.79 Å². The van der Waals surface area contributed by atoms with Crippen LogP contribution in [0.25, 0.3) is 10.2 Å². The Bertz CT molecular complexity index is 725. The van der Waals surface area contributed by atoms with Crippen LogP contribution in [0.3, 0.4) is 0 Å². The summed E-state index contributed by atoms with van der Waals surface area (Å²) >= 11 is 1.68. The van der Waals surface area contributed by atoms with Gasteiger partial charge >= 0.3 is 0 Å². The molecule has 21 heavy (non-hydrogen) atoms. The minimum Gasteiger partial charge on any atom is -0.294 e. The standard InChI is InChI=1S/C18H17NOS/c1-2-13-7-9-14(10-8-13)16(20)11-12-18-19-15-5-3-4-6-17(15)21-18/h3-10H,2,11-12H2,1H3. The minimum absolute atomic E-state index is 0.192. The highest BCUT2D eigenvalue weighted by Gasteiger charge is 2.09. The van der Waals surface area contributed by atoms with Gasteiger partial charge in [0.05, 0.1) is 15.2 Å². The van der Waals surface area contributed by atoms with Crippen molar-refractivity contribution in [2.45, 2.75) is 26.2 Å². The number of hydrogen-bond acceptors (Lipinski definition) is 3. The average molecular weight is 295 g/mol. The molecule has 106 valence electrons. The van der Waals surface area contributed by atoms with Gasteiger partial charge in [0, 0.05) is 18.4 Å². The summed E-state index contributed by atoms with van der Waals surface area (Å²) in [6.07, 6.45) is 2.24. The van der Waals surface area contributed by atoms with Gasteiger partial charge < -0.3 is 0 Å². The van der Waals surface area contributed by atoms with Crippen LogP contribution in [0.2, 0.25) is 0 Å². The molecule has 1 aromatic heterocycles. The van der Waals surface area contributed by atoms with Crippen LogP contribution in [0.4, 0.5) is 0 Å². The lowest BCUT2D eigenvalue weighted by Gasteiger charge is -2.01. The monoisotopic (exact) mass is 295 g/mol. The van der Waals surface area contributed by atoms with Crippen molar-refractivity contribution in [1.82, 2.24) is 4.98 Å². The fraction of sp³-hybridized carbons (Fsp3) is 0.222. The number of aromatic nitrogens is 1. The van der Waals surface area contributed by atoms with Crippen LogP contribution in [0.1, 0.15) is 34.3 Å².